The molecule has 0 fully saturated rings. The molecule has 0 saturated carbocycles. The molecule has 5 nitrogen and oxygen atoms in total. The lowest BCUT2D eigenvalue weighted by molar-refractivity contribution is -0.131. The number of carboxylic acid groups (broad SMARTS) is 2. The quantitative estimate of drug-likeness (QED) is 0.641. The van der Waals surface area contributed by atoms with Crippen LogP contribution in [0.15, 0.2) is 22.7 Å². The van der Waals surface area contributed by atoms with Gasteiger partial charge < -0.3 is 10.2 Å². The number of carbonyl (C=O) groups excluding carboxylic acids is 1. The Kier molecular flexibility index (Phi) is 3.21. The van der Waals surface area contributed by atoms with E-state index < -0.39 is 17.7 Å². The SMILES string of the molecule is O=C(O)C(=O)c1cc(Br)ccc1C(=O)O. The molecule has 1 rings (SSSR count). The number of ketones is 1. The number of aromatic carboxylic acids is 1. The summed E-state index contributed by atoms with van der Waals surface area (Å²) in [4.78, 5) is 32.3. The van der Waals surface area contributed by atoms with Gasteiger partial charge >= 0.3 is 11.9 Å². The van der Waals surface area contributed by atoms with E-state index in [0.29, 0.717) is 4.47 Å². The van der Waals surface area contributed by atoms with Crippen LogP contribution in [-0.4, -0.2) is 27.9 Å². The van der Waals surface area contributed by atoms with Crippen LogP contribution in [0.5, 0.6) is 0 Å². The second-order valence-electron chi connectivity index (χ2n) is 2.63. The van der Waals surface area contributed by atoms with Crippen molar-refractivity contribution in [2.75, 3.05) is 0 Å². The second kappa shape index (κ2) is 4.22. The molecule has 0 bridgehead atoms. The highest BCUT2D eigenvalue weighted by Gasteiger charge is 2.21. The molecule has 0 aliphatic heterocycles. The van der Waals surface area contributed by atoms with Gasteiger partial charge in [-0.25, -0.2) is 9.59 Å². The van der Waals surface area contributed by atoms with Crippen LogP contribution in [0.3, 0.4) is 0 Å². The zero-order valence-electron chi connectivity index (χ0n) is 7.23. The zero-order chi connectivity index (χ0) is 11.6. The van der Waals surface area contributed by atoms with Crippen LogP contribution in [0.1, 0.15) is 20.7 Å². The fourth-order valence-electron chi connectivity index (χ4n) is 1.01. The first-order valence-corrected chi connectivity index (χ1v) is 4.53. The number of benzene rings is 1. The number of carbonyl (C=O) groups is 3. The molecule has 1 aromatic rings. The van der Waals surface area contributed by atoms with E-state index >= 15 is 0 Å². The molecule has 0 amide bonds. The molecule has 6 heteroatoms. The Morgan fingerprint density at radius 2 is 1.67 bits per heavy atom. The monoisotopic (exact) mass is 272 g/mol. The summed E-state index contributed by atoms with van der Waals surface area (Å²) >= 11 is 3.02. The third-order valence-corrected chi connectivity index (χ3v) is 2.14. The van der Waals surface area contributed by atoms with Crippen molar-refractivity contribution in [2.45, 2.75) is 0 Å². The van der Waals surface area contributed by atoms with Crippen LogP contribution in [-0.2, 0) is 4.79 Å². The van der Waals surface area contributed by atoms with Crippen LogP contribution in [0.2, 0.25) is 0 Å². The minimum atomic E-state index is -1.68. The van der Waals surface area contributed by atoms with Crippen LogP contribution in [0.4, 0.5) is 0 Å². The van der Waals surface area contributed by atoms with Gasteiger partial charge in [-0.15, -0.1) is 0 Å². The van der Waals surface area contributed by atoms with Crippen molar-refractivity contribution in [1.82, 2.24) is 0 Å². The summed E-state index contributed by atoms with van der Waals surface area (Å²) in [5, 5.41) is 17.2. The molecule has 15 heavy (non-hydrogen) atoms. The van der Waals surface area contributed by atoms with Gasteiger partial charge in [0.25, 0.3) is 5.78 Å². The van der Waals surface area contributed by atoms with E-state index in [4.69, 9.17) is 10.2 Å². The van der Waals surface area contributed by atoms with Gasteiger partial charge in [-0.1, -0.05) is 15.9 Å². The van der Waals surface area contributed by atoms with Crippen molar-refractivity contribution in [1.29, 1.82) is 0 Å². The lowest BCUT2D eigenvalue weighted by Crippen LogP contribution is -2.16. The molecular formula is C9H5BrO5. The summed E-state index contributed by atoms with van der Waals surface area (Å²) in [5.74, 6) is -4.27. The molecule has 0 aliphatic carbocycles. The standard InChI is InChI=1S/C9H5BrO5/c10-4-1-2-5(8(12)13)6(3-4)7(11)9(14)15/h1-3H,(H,12,13)(H,14,15). The molecule has 78 valence electrons. The third kappa shape index (κ3) is 2.41. The van der Waals surface area contributed by atoms with E-state index in [-0.39, 0.29) is 11.1 Å². The molecule has 0 heterocycles. The van der Waals surface area contributed by atoms with E-state index in [9.17, 15) is 14.4 Å². The average molecular weight is 273 g/mol. The van der Waals surface area contributed by atoms with Gasteiger partial charge in [0.15, 0.2) is 0 Å². The van der Waals surface area contributed by atoms with Crippen LogP contribution >= 0.6 is 15.9 Å². The van der Waals surface area contributed by atoms with Crippen molar-refractivity contribution in [3.05, 3.63) is 33.8 Å². The average Bonchev–Trinajstić information content (AvgIpc) is 2.15. The van der Waals surface area contributed by atoms with Gasteiger partial charge in [-0.2, -0.15) is 0 Å². The van der Waals surface area contributed by atoms with Gasteiger partial charge in [0.05, 0.1) is 5.56 Å². The molecule has 0 unspecified atom stereocenters. The van der Waals surface area contributed by atoms with Gasteiger partial charge in [0.1, 0.15) is 0 Å². The Hall–Kier alpha value is -1.69. The minimum absolute atomic E-state index is 0.328. The first-order valence-electron chi connectivity index (χ1n) is 3.74. The predicted molar refractivity (Wildman–Crippen MR) is 53.1 cm³/mol. The summed E-state index contributed by atoms with van der Waals surface area (Å²) in [6, 6.07) is 3.75. The number of aliphatic carboxylic acids is 1. The van der Waals surface area contributed by atoms with E-state index in [0.717, 1.165) is 0 Å². The van der Waals surface area contributed by atoms with E-state index in [1.807, 2.05) is 0 Å². The number of hydrogen-bond acceptors (Lipinski definition) is 3. The zero-order valence-corrected chi connectivity index (χ0v) is 8.82. The van der Waals surface area contributed by atoms with Gasteiger partial charge in [0, 0.05) is 10.0 Å². The molecule has 0 saturated heterocycles. The lowest BCUT2D eigenvalue weighted by atomic mass is 10.0. The Labute approximate surface area is 92.5 Å². The number of rotatable bonds is 3. The summed E-state index contributed by atoms with van der Waals surface area (Å²) in [5.41, 5.74) is -0.671. The van der Waals surface area contributed by atoms with Crippen LogP contribution in [0.25, 0.3) is 0 Å². The Bertz CT molecular complexity index is 452. The first-order chi connectivity index (χ1) is 6.93. The van der Waals surface area contributed by atoms with Gasteiger partial charge in [0.2, 0.25) is 0 Å². The maximum absolute atomic E-state index is 11.1. The molecule has 2 N–H and O–H groups in total. The summed E-state index contributed by atoms with van der Waals surface area (Å²) < 4.78 is 0.442. The third-order valence-electron chi connectivity index (χ3n) is 1.65. The summed E-state index contributed by atoms with van der Waals surface area (Å²) in [6.07, 6.45) is 0. The number of halogens is 1. The van der Waals surface area contributed by atoms with Crippen molar-refractivity contribution >= 4 is 33.7 Å². The van der Waals surface area contributed by atoms with Crippen LogP contribution < -0.4 is 0 Å². The molecule has 0 atom stereocenters. The maximum Gasteiger partial charge on any atom is 0.377 e. The van der Waals surface area contributed by atoms with Crippen molar-refractivity contribution in [3.8, 4) is 0 Å². The molecular weight excluding hydrogens is 268 g/mol. The molecule has 0 aliphatic rings. The minimum Gasteiger partial charge on any atom is -0.478 e. The van der Waals surface area contributed by atoms with Crippen LogP contribution in [0, 0.1) is 0 Å². The number of carboxylic acids is 2. The largest absolute Gasteiger partial charge is 0.478 e. The fourth-order valence-corrected chi connectivity index (χ4v) is 1.37. The predicted octanol–water partition coefficient (Wildman–Crippen LogP) is 1.41. The highest BCUT2D eigenvalue weighted by molar-refractivity contribution is 9.10. The number of Topliss-reactive ketones (excluding diaryl/α,β-unsaturated/α-hetero) is 1. The Balaban J connectivity index is 3.37. The molecule has 0 radical (unpaired) electrons. The van der Waals surface area contributed by atoms with Crippen molar-refractivity contribution in [3.63, 3.8) is 0 Å². The molecule has 0 aromatic heterocycles. The van der Waals surface area contributed by atoms with Gasteiger partial charge in [-0.05, 0) is 18.2 Å². The van der Waals surface area contributed by atoms with E-state index in [1.54, 1.807) is 0 Å². The topological polar surface area (TPSA) is 91.7 Å². The summed E-state index contributed by atoms with van der Waals surface area (Å²) in [7, 11) is 0. The normalized spacial score (nSPS) is 9.67. The Morgan fingerprint density at radius 3 is 2.13 bits per heavy atom. The highest BCUT2D eigenvalue weighted by Crippen LogP contribution is 2.17. The Morgan fingerprint density at radius 1 is 1.07 bits per heavy atom. The molecule has 1 aromatic carbocycles. The fraction of sp³-hybridized carbons (Fsp3) is 0. The summed E-state index contributed by atoms with van der Waals surface area (Å²) in [6.45, 7) is 0. The second-order valence-corrected chi connectivity index (χ2v) is 3.55. The number of hydrogen-bond donors (Lipinski definition) is 2. The first kappa shape index (κ1) is 11.4. The highest BCUT2D eigenvalue weighted by atomic mass is 79.9. The van der Waals surface area contributed by atoms with Crippen molar-refractivity contribution in [2.24, 2.45) is 0 Å². The maximum atomic E-state index is 11.1. The molecule has 0 spiro atoms. The smallest absolute Gasteiger partial charge is 0.377 e. The lowest BCUT2D eigenvalue weighted by Gasteiger charge is -2.02. The van der Waals surface area contributed by atoms with Gasteiger partial charge in [-0.3, -0.25) is 4.79 Å². The van der Waals surface area contributed by atoms with Crippen molar-refractivity contribution < 1.29 is 24.6 Å². The van der Waals surface area contributed by atoms with E-state index in [1.165, 1.54) is 18.2 Å². The van der Waals surface area contributed by atoms with E-state index in [2.05, 4.69) is 15.9 Å².